The van der Waals surface area contributed by atoms with Crippen LogP contribution in [0.15, 0.2) is 30.3 Å². The standard InChI is InChI=1S/C11H15O.BrH.Mg/c1-10(2)8-12-9-11-6-4-3-5-7-11;;/h3-7,10H,1,8-9H2,2H3;1H;/q-1;;+2/p-1/t10-;;/m1../s1. The smallest absolute Gasteiger partial charge is 1.00 e. The molecule has 0 saturated heterocycles. The topological polar surface area (TPSA) is 9.23 Å². The molecule has 14 heavy (non-hydrogen) atoms. The van der Waals surface area contributed by atoms with E-state index in [0.29, 0.717) is 12.5 Å². The van der Waals surface area contributed by atoms with Gasteiger partial charge >= 0.3 is 23.1 Å². The molecule has 0 aliphatic rings. The van der Waals surface area contributed by atoms with Crippen molar-refractivity contribution in [3.63, 3.8) is 0 Å². The Kier molecular flexibility index (Phi) is 12.0. The van der Waals surface area contributed by atoms with Crippen molar-refractivity contribution in [1.29, 1.82) is 0 Å². The van der Waals surface area contributed by atoms with E-state index in [9.17, 15) is 0 Å². The fraction of sp³-hybridized carbons (Fsp3) is 0.364. The third kappa shape index (κ3) is 7.80. The molecule has 0 heterocycles. The molecule has 0 N–H and O–H groups in total. The molecular formula is C11H15BrMgO. The van der Waals surface area contributed by atoms with E-state index in [1.807, 2.05) is 25.1 Å². The van der Waals surface area contributed by atoms with Gasteiger partial charge in [-0.1, -0.05) is 37.3 Å². The minimum atomic E-state index is 0. The molecule has 1 atom stereocenters. The molecule has 0 amide bonds. The van der Waals surface area contributed by atoms with E-state index in [2.05, 4.69) is 19.1 Å². The summed E-state index contributed by atoms with van der Waals surface area (Å²) in [6.07, 6.45) is 0. The molecule has 0 unspecified atom stereocenters. The summed E-state index contributed by atoms with van der Waals surface area (Å²) in [5.74, 6) is 0.369. The number of benzene rings is 1. The van der Waals surface area contributed by atoms with Crippen molar-refractivity contribution in [2.45, 2.75) is 13.5 Å². The van der Waals surface area contributed by atoms with Gasteiger partial charge in [-0.3, -0.25) is 0 Å². The van der Waals surface area contributed by atoms with Gasteiger partial charge in [0.15, 0.2) is 0 Å². The fourth-order valence-electron chi connectivity index (χ4n) is 0.952. The number of ether oxygens (including phenoxy) is 1. The first-order valence-corrected chi connectivity index (χ1v) is 4.24. The minimum Gasteiger partial charge on any atom is -1.00 e. The summed E-state index contributed by atoms with van der Waals surface area (Å²) in [6.45, 7) is 7.32. The van der Waals surface area contributed by atoms with Crippen LogP contribution in [0.5, 0.6) is 0 Å². The Bertz CT molecular complexity index is 214. The van der Waals surface area contributed by atoms with E-state index in [4.69, 9.17) is 4.74 Å². The molecule has 3 heteroatoms. The van der Waals surface area contributed by atoms with Crippen LogP contribution in [-0.4, -0.2) is 29.7 Å². The molecule has 74 valence electrons. The predicted octanol–water partition coefficient (Wildman–Crippen LogP) is -0.703. The average molecular weight is 267 g/mol. The van der Waals surface area contributed by atoms with Gasteiger partial charge in [0.05, 0.1) is 6.61 Å². The molecule has 1 nitrogen and oxygen atoms in total. The van der Waals surface area contributed by atoms with Crippen molar-refractivity contribution in [2.24, 2.45) is 5.92 Å². The Hall–Kier alpha value is 0.426. The first-order valence-electron chi connectivity index (χ1n) is 4.24. The van der Waals surface area contributed by atoms with Gasteiger partial charge in [-0.05, 0) is 5.56 Å². The Morgan fingerprint density at radius 2 is 1.86 bits per heavy atom. The Balaban J connectivity index is 0. The Morgan fingerprint density at radius 3 is 2.36 bits per heavy atom. The molecule has 0 aromatic heterocycles. The van der Waals surface area contributed by atoms with Crippen LogP contribution in [0.25, 0.3) is 0 Å². The van der Waals surface area contributed by atoms with E-state index in [1.54, 1.807) is 0 Å². The third-order valence-electron chi connectivity index (χ3n) is 1.51. The van der Waals surface area contributed by atoms with Crippen molar-refractivity contribution >= 4 is 23.1 Å². The summed E-state index contributed by atoms with van der Waals surface area (Å²) in [7, 11) is 0. The summed E-state index contributed by atoms with van der Waals surface area (Å²) >= 11 is 0. The van der Waals surface area contributed by atoms with Gasteiger partial charge < -0.3 is 28.6 Å². The molecule has 1 aromatic carbocycles. The fourth-order valence-corrected chi connectivity index (χ4v) is 0.952. The van der Waals surface area contributed by atoms with Gasteiger partial charge in [0.2, 0.25) is 0 Å². The molecule has 1 rings (SSSR count). The van der Waals surface area contributed by atoms with Gasteiger partial charge in [0.25, 0.3) is 0 Å². The van der Waals surface area contributed by atoms with Crippen LogP contribution in [0.1, 0.15) is 12.5 Å². The number of halogens is 1. The molecule has 0 bridgehead atoms. The van der Waals surface area contributed by atoms with Crippen LogP contribution in [0.2, 0.25) is 0 Å². The summed E-state index contributed by atoms with van der Waals surface area (Å²) in [5.41, 5.74) is 1.22. The van der Waals surface area contributed by atoms with Crippen molar-refractivity contribution < 1.29 is 21.7 Å². The van der Waals surface area contributed by atoms with Crippen molar-refractivity contribution in [1.82, 2.24) is 0 Å². The molecule has 0 aliphatic heterocycles. The SMILES string of the molecule is [Br-].[CH2-][C@H](C)COCc1ccccc1.[Mg+2]. The van der Waals surface area contributed by atoms with Gasteiger partial charge in [-0.25, -0.2) is 0 Å². The Labute approximate surface area is 113 Å². The molecule has 0 fully saturated rings. The van der Waals surface area contributed by atoms with E-state index >= 15 is 0 Å². The molecule has 1 aromatic rings. The van der Waals surface area contributed by atoms with E-state index in [-0.39, 0.29) is 40.0 Å². The van der Waals surface area contributed by atoms with Gasteiger partial charge in [-0.2, -0.15) is 0 Å². The van der Waals surface area contributed by atoms with Crippen LogP contribution < -0.4 is 17.0 Å². The zero-order valence-electron chi connectivity index (χ0n) is 8.58. The number of rotatable bonds is 4. The first-order chi connectivity index (χ1) is 5.79. The maximum absolute atomic E-state index is 5.42. The predicted molar refractivity (Wildman–Crippen MR) is 56.4 cm³/mol. The minimum absolute atomic E-state index is 0. The molecule has 0 radical (unpaired) electrons. The van der Waals surface area contributed by atoms with Gasteiger partial charge in [0.1, 0.15) is 0 Å². The zero-order chi connectivity index (χ0) is 8.81. The largest absolute Gasteiger partial charge is 2.00 e. The van der Waals surface area contributed by atoms with Crippen molar-refractivity contribution in [2.75, 3.05) is 6.61 Å². The third-order valence-corrected chi connectivity index (χ3v) is 1.51. The van der Waals surface area contributed by atoms with Gasteiger partial charge in [-0.15, -0.1) is 5.92 Å². The average Bonchev–Trinajstić information content (AvgIpc) is 2.05. The van der Waals surface area contributed by atoms with E-state index in [1.165, 1.54) is 5.56 Å². The normalized spacial score (nSPS) is 11.0. The van der Waals surface area contributed by atoms with Gasteiger partial charge in [0, 0.05) is 6.61 Å². The summed E-state index contributed by atoms with van der Waals surface area (Å²) in [6, 6.07) is 10.2. The van der Waals surface area contributed by atoms with Crippen LogP contribution >= 0.6 is 0 Å². The van der Waals surface area contributed by atoms with Crippen molar-refractivity contribution in [3.05, 3.63) is 42.8 Å². The van der Waals surface area contributed by atoms with Crippen LogP contribution in [0.4, 0.5) is 0 Å². The summed E-state index contributed by atoms with van der Waals surface area (Å²) in [5, 5.41) is 0. The summed E-state index contributed by atoms with van der Waals surface area (Å²) in [4.78, 5) is 0. The van der Waals surface area contributed by atoms with Crippen LogP contribution in [0.3, 0.4) is 0 Å². The van der Waals surface area contributed by atoms with Crippen LogP contribution in [-0.2, 0) is 11.3 Å². The molecule has 0 aliphatic carbocycles. The second kappa shape index (κ2) is 9.96. The van der Waals surface area contributed by atoms with Crippen LogP contribution in [0, 0.1) is 12.8 Å². The quantitative estimate of drug-likeness (QED) is 0.518. The zero-order valence-corrected chi connectivity index (χ0v) is 11.6. The monoisotopic (exact) mass is 266 g/mol. The van der Waals surface area contributed by atoms with E-state index < -0.39 is 0 Å². The first kappa shape index (κ1) is 16.8. The second-order valence-electron chi connectivity index (χ2n) is 3.11. The maximum atomic E-state index is 5.42. The van der Waals surface area contributed by atoms with E-state index in [0.717, 1.165) is 6.61 Å². The number of hydrogen-bond acceptors (Lipinski definition) is 1. The second-order valence-corrected chi connectivity index (χ2v) is 3.11. The molecule has 0 spiro atoms. The number of hydrogen-bond donors (Lipinski definition) is 0. The van der Waals surface area contributed by atoms with Crippen molar-refractivity contribution in [3.8, 4) is 0 Å². The molecule has 0 saturated carbocycles. The molecular weight excluding hydrogens is 252 g/mol. The Morgan fingerprint density at radius 1 is 1.29 bits per heavy atom. The summed E-state index contributed by atoms with van der Waals surface area (Å²) < 4.78 is 5.42. The maximum Gasteiger partial charge on any atom is 2.00 e.